The van der Waals surface area contributed by atoms with E-state index in [0.717, 1.165) is 35.0 Å². The van der Waals surface area contributed by atoms with Crippen LogP contribution in [0.2, 0.25) is 0 Å². The molecule has 0 aliphatic rings. The molecule has 2 aromatic heterocycles. The molecule has 2 heterocycles. The summed E-state index contributed by atoms with van der Waals surface area (Å²) in [5, 5.41) is 8.33. The maximum atomic E-state index is 4.77. The summed E-state index contributed by atoms with van der Waals surface area (Å²) in [6.45, 7) is 7.34. The van der Waals surface area contributed by atoms with Crippen LogP contribution in [0.3, 0.4) is 0 Å². The zero-order chi connectivity index (χ0) is 18.4. The van der Waals surface area contributed by atoms with Crippen molar-refractivity contribution >= 4 is 11.5 Å². The molecule has 1 aromatic carbocycles. The average molecular weight is 351 g/mol. The van der Waals surface area contributed by atoms with Gasteiger partial charge >= 0.3 is 0 Å². The highest BCUT2D eigenvalue weighted by Gasteiger charge is 2.15. The number of aromatic nitrogens is 3. The maximum Gasteiger partial charge on any atom is 0.165 e. The standard InChI is InChI=1S/C22H30N4/c1-4-5-6-7-8-12-15-23-20-16-17(2)24-22-21(18(3)25-26(20)22)19-13-10-9-11-14-19/h9-11,13-14,16,23H,4-8,12,15H2,1-3H3. The lowest BCUT2D eigenvalue weighted by molar-refractivity contribution is 0.616. The number of anilines is 1. The van der Waals surface area contributed by atoms with Gasteiger partial charge in [-0.1, -0.05) is 69.4 Å². The van der Waals surface area contributed by atoms with Crippen molar-refractivity contribution in [2.45, 2.75) is 59.3 Å². The number of nitrogens with zero attached hydrogens (tertiary/aromatic N) is 3. The zero-order valence-corrected chi connectivity index (χ0v) is 16.3. The van der Waals surface area contributed by atoms with E-state index in [1.807, 2.05) is 17.5 Å². The Morgan fingerprint density at radius 2 is 1.69 bits per heavy atom. The summed E-state index contributed by atoms with van der Waals surface area (Å²) < 4.78 is 1.96. The molecule has 138 valence electrons. The highest BCUT2D eigenvalue weighted by atomic mass is 15.3. The molecule has 0 unspecified atom stereocenters. The molecule has 0 aliphatic heterocycles. The smallest absolute Gasteiger partial charge is 0.165 e. The Labute approximate surface area is 156 Å². The first-order valence-corrected chi connectivity index (χ1v) is 9.87. The van der Waals surface area contributed by atoms with Gasteiger partial charge in [0, 0.05) is 23.9 Å². The second kappa shape index (κ2) is 8.84. The van der Waals surface area contributed by atoms with Crippen LogP contribution in [0, 0.1) is 13.8 Å². The van der Waals surface area contributed by atoms with E-state index in [4.69, 9.17) is 10.1 Å². The normalized spacial score (nSPS) is 11.2. The monoisotopic (exact) mass is 350 g/mol. The van der Waals surface area contributed by atoms with Crippen LogP contribution < -0.4 is 5.32 Å². The van der Waals surface area contributed by atoms with E-state index in [2.05, 4.69) is 49.5 Å². The lowest BCUT2D eigenvalue weighted by Crippen LogP contribution is -2.08. The number of benzene rings is 1. The minimum absolute atomic E-state index is 0.930. The fourth-order valence-electron chi connectivity index (χ4n) is 3.44. The van der Waals surface area contributed by atoms with E-state index in [0.29, 0.717) is 0 Å². The van der Waals surface area contributed by atoms with Crippen molar-refractivity contribution in [2.75, 3.05) is 11.9 Å². The molecular formula is C22H30N4. The number of aryl methyl sites for hydroxylation is 2. The van der Waals surface area contributed by atoms with Crippen LogP contribution in [-0.4, -0.2) is 21.1 Å². The van der Waals surface area contributed by atoms with Crippen LogP contribution in [0.4, 0.5) is 5.82 Å². The summed E-state index contributed by atoms with van der Waals surface area (Å²) >= 11 is 0. The Morgan fingerprint density at radius 3 is 2.46 bits per heavy atom. The highest BCUT2D eigenvalue weighted by Crippen LogP contribution is 2.29. The van der Waals surface area contributed by atoms with E-state index in [1.165, 1.54) is 44.1 Å². The van der Waals surface area contributed by atoms with E-state index in [1.54, 1.807) is 0 Å². The van der Waals surface area contributed by atoms with Crippen molar-refractivity contribution in [2.24, 2.45) is 0 Å². The molecule has 3 aromatic rings. The number of unbranched alkanes of at least 4 members (excludes halogenated alkanes) is 5. The first kappa shape index (κ1) is 18.4. The first-order valence-electron chi connectivity index (χ1n) is 9.87. The van der Waals surface area contributed by atoms with Gasteiger partial charge in [0.1, 0.15) is 5.82 Å². The second-order valence-corrected chi connectivity index (χ2v) is 7.04. The summed E-state index contributed by atoms with van der Waals surface area (Å²) in [5.41, 5.74) is 5.24. The Morgan fingerprint density at radius 1 is 0.962 bits per heavy atom. The van der Waals surface area contributed by atoms with Crippen LogP contribution in [0.1, 0.15) is 56.8 Å². The van der Waals surface area contributed by atoms with Gasteiger partial charge in [-0.3, -0.25) is 0 Å². The van der Waals surface area contributed by atoms with Gasteiger partial charge in [-0.25, -0.2) is 4.98 Å². The number of fused-ring (bicyclic) bond motifs is 1. The molecule has 0 saturated heterocycles. The van der Waals surface area contributed by atoms with E-state index in [9.17, 15) is 0 Å². The molecule has 4 heteroatoms. The molecule has 3 rings (SSSR count). The van der Waals surface area contributed by atoms with Gasteiger partial charge < -0.3 is 5.32 Å². The lowest BCUT2D eigenvalue weighted by atomic mass is 10.1. The Bertz CT molecular complexity index is 836. The first-order chi connectivity index (χ1) is 12.7. The van der Waals surface area contributed by atoms with Crippen LogP contribution in [0.25, 0.3) is 16.8 Å². The Hall–Kier alpha value is -2.36. The highest BCUT2D eigenvalue weighted by molar-refractivity contribution is 5.80. The minimum Gasteiger partial charge on any atom is -0.370 e. The number of hydrogen-bond acceptors (Lipinski definition) is 3. The summed E-state index contributed by atoms with van der Waals surface area (Å²) in [7, 11) is 0. The van der Waals surface area contributed by atoms with Crippen LogP contribution in [0.15, 0.2) is 36.4 Å². The van der Waals surface area contributed by atoms with Crippen LogP contribution in [0.5, 0.6) is 0 Å². The number of rotatable bonds is 9. The Kier molecular flexibility index (Phi) is 6.26. The van der Waals surface area contributed by atoms with Crippen molar-refractivity contribution in [3.05, 3.63) is 47.8 Å². The molecule has 0 fully saturated rings. The maximum absolute atomic E-state index is 4.77. The molecule has 0 saturated carbocycles. The minimum atomic E-state index is 0.930. The van der Waals surface area contributed by atoms with E-state index >= 15 is 0 Å². The fraction of sp³-hybridized carbons (Fsp3) is 0.455. The van der Waals surface area contributed by atoms with Gasteiger partial charge in [-0.2, -0.15) is 9.61 Å². The fourth-order valence-corrected chi connectivity index (χ4v) is 3.44. The summed E-state index contributed by atoms with van der Waals surface area (Å²) in [6.07, 6.45) is 7.82. The lowest BCUT2D eigenvalue weighted by Gasteiger charge is -2.10. The molecule has 0 amide bonds. The second-order valence-electron chi connectivity index (χ2n) is 7.04. The summed E-state index contributed by atoms with van der Waals surface area (Å²) in [6, 6.07) is 12.5. The molecule has 26 heavy (non-hydrogen) atoms. The number of hydrogen-bond donors (Lipinski definition) is 1. The molecule has 0 bridgehead atoms. The SMILES string of the molecule is CCCCCCCCNc1cc(C)nc2c(-c3ccccc3)c(C)nn12. The molecule has 4 nitrogen and oxygen atoms in total. The molecule has 0 aliphatic carbocycles. The molecule has 0 radical (unpaired) electrons. The molecule has 1 N–H and O–H groups in total. The van der Waals surface area contributed by atoms with Crippen molar-refractivity contribution < 1.29 is 0 Å². The molecule has 0 spiro atoms. The van der Waals surface area contributed by atoms with Gasteiger partial charge in [0.15, 0.2) is 5.65 Å². The third-order valence-corrected chi connectivity index (χ3v) is 4.79. The van der Waals surface area contributed by atoms with E-state index < -0.39 is 0 Å². The van der Waals surface area contributed by atoms with Crippen molar-refractivity contribution in [1.29, 1.82) is 0 Å². The average Bonchev–Trinajstić information content (AvgIpc) is 2.97. The predicted molar refractivity (Wildman–Crippen MR) is 110 cm³/mol. The van der Waals surface area contributed by atoms with E-state index in [-0.39, 0.29) is 0 Å². The van der Waals surface area contributed by atoms with Gasteiger partial charge in [0.25, 0.3) is 0 Å². The summed E-state index contributed by atoms with van der Waals surface area (Å²) in [4.78, 5) is 4.77. The third-order valence-electron chi connectivity index (χ3n) is 4.79. The van der Waals surface area contributed by atoms with Gasteiger partial charge in [0.2, 0.25) is 0 Å². The van der Waals surface area contributed by atoms with Gasteiger partial charge in [0.05, 0.1) is 5.69 Å². The largest absolute Gasteiger partial charge is 0.370 e. The molecule has 0 atom stereocenters. The van der Waals surface area contributed by atoms with Crippen molar-refractivity contribution in [3.8, 4) is 11.1 Å². The predicted octanol–water partition coefficient (Wildman–Crippen LogP) is 5.79. The topological polar surface area (TPSA) is 42.2 Å². The Balaban J connectivity index is 1.77. The van der Waals surface area contributed by atoms with Crippen molar-refractivity contribution in [1.82, 2.24) is 14.6 Å². The van der Waals surface area contributed by atoms with Gasteiger partial charge in [-0.15, -0.1) is 0 Å². The number of nitrogens with one attached hydrogen (secondary N) is 1. The van der Waals surface area contributed by atoms with Gasteiger partial charge in [-0.05, 0) is 25.8 Å². The summed E-state index contributed by atoms with van der Waals surface area (Å²) in [5.74, 6) is 1.03. The molecular weight excluding hydrogens is 320 g/mol. The quantitative estimate of drug-likeness (QED) is 0.497. The van der Waals surface area contributed by atoms with Crippen molar-refractivity contribution in [3.63, 3.8) is 0 Å². The zero-order valence-electron chi connectivity index (χ0n) is 16.3. The van der Waals surface area contributed by atoms with Crippen LogP contribution in [-0.2, 0) is 0 Å². The third kappa shape index (κ3) is 4.24. The van der Waals surface area contributed by atoms with Crippen LogP contribution >= 0.6 is 0 Å².